The van der Waals surface area contributed by atoms with Gasteiger partial charge in [0.05, 0.1) is 11.6 Å². The van der Waals surface area contributed by atoms with Crippen molar-refractivity contribution in [3.63, 3.8) is 0 Å². The molecule has 1 atom stereocenters. The monoisotopic (exact) mass is 329 g/mol. The van der Waals surface area contributed by atoms with Gasteiger partial charge in [-0.3, -0.25) is 9.59 Å². The van der Waals surface area contributed by atoms with E-state index in [0.717, 1.165) is 10.0 Å². The van der Waals surface area contributed by atoms with Gasteiger partial charge in [0.1, 0.15) is 0 Å². The van der Waals surface area contributed by atoms with Crippen LogP contribution in [0.25, 0.3) is 0 Å². The number of hydrogen-bond acceptors (Lipinski definition) is 2. The van der Waals surface area contributed by atoms with Crippen molar-refractivity contribution in [2.24, 2.45) is 0 Å². The van der Waals surface area contributed by atoms with Gasteiger partial charge in [0, 0.05) is 10.9 Å². The lowest BCUT2D eigenvalue weighted by Gasteiger charge is -2.15. The third kappa shape index (κ3) is 2.27. The highest BCUT2D eigenvalue weighted by molar-refractivity contribution is 9.10. The first kappa shape index (κ1) is 13.1. The van der Waals surface area contributed by atoms with Crippen molar-refractivity contribution >= 4 is 33.4 Å². The lowest BCUT2D eigenvalue weighted by molar-refractivity contribution is -0.121. The maximum absolute atomic E-state index is 12.5. The summed E-state index contributed by atoms with van der Waals surface area (Å²) in [6, 6.07) is 16.7. The Labute approximate surface area is 125 Å². The summed E-state index contributed by atoms with van der Waals surface area (Å²) in [4.78, 5) is 26.0. The molecule has 0 spiro atoms. The Bertz CT molecular complexity index is 669. The maximum Gasteiger partial charge on any atom is 0.241 e. The standard InChI is InChI=1S/C16H12BrNO2/c17-12-7-4-8-13(9-12)18-15(19)10-14(16(18)20)11-5-2-1-3-6-11/h1-9,14H,10H2. The fourth-order valence-electron chi connectivity index (χ4n) is 2.46. The fourth-order valence-corrected chi connectivity index (χ4v) is 2.85. The van der Waals surface area contributed by atoms with E-state index >= 15 is 0 Å². The van der Waals surface area contributed by atoms with E-state index in [1.165, 1.54) is 4.90 Å². The Kier molecular flexibility index (Phi) is 3.40. The van der Waals surface area contributed by atoms with E-state index in [1.54, 1.807) is 12.1 Å². The van der Waals surface area contributed by atoms with Crippen LogP contribution in [0.2, 0.25) is 0 Å². The first-order chi connectivity index (χ1) is 9.66. The molecule has 4 heteroatoms. The topological polar surface area (TPSA) is 37.4 Å². The minimum Gasteiger partial charge on any atom is -0.274 e. The van der Waals surface area contributed by atoms with Gasteiger partial charge in [0.25, 0.3) is 0 Å². The fraction of sp³-hybridized carbons (Fsp3) is 0.125. The van der Waals surface area contributed by atoms with E-state index in [9.17, 15) is 9.59 Å². The predicted octanol–water partition coefficient (Wildman–Crippen LogP) is 3.50. The van der Waals surface area contributed by atoms with Gasteiger partial charge in [-0.05, 0) is 23.8 Å². The quantitative estimate of drug-likeness (QED) is 0.791. The molecule has 1 unspecified atom stereocenters. The molecule has 2 amide bonds. The van der Waals surface area contributed by atoms with Crippen LogP contribution < -0.4 is 4.90 Å². The summed E-state index contributed by atoms with van der Waals surface area (Å²) in [5.74, 6) is -0.677. The van der Waals surface area contributed by atoms with Crippen LogP contribution in [0.15, 0.2) is 59.1 Å². The number of anilines is 1. The minimum atomic E-state index is -0.373. The summed E-state index contributed by atoms with van der Waals surface area (Å²) in [5, 5.41) is 0. The van der Waals surface area contributed by atoms with Crippen molar-refractivity contribution in [2.75, 3.05) is 4.90 Å². The van der Waals surface area contributed by atoms with Crippen LogP contribution in [-0.2, 0) is 9.59 Å². The molecule has 100 valence electrons. The van der Waals surface area contributed by atoms with Crippen molar-refractivity contribution < 1.29 is 9.59 Å². The largest absolute Gasteiger partial charge is 0.274 e. The first-order valence-corrected chi connectivity index (χ1v) is 7.13. The van der Waals surface area contributed by atoms with Gasteiger partial charge in [-0.2, -0.15) is 0 Å². The molecule has 0 saturated carbocycles. The van der Waals surface area contributed by atoms with Crippen LogP contribution in [0.3, 0.4) is 0 Å². The molecule has 0 bridgehead atoms. The van der Waals surface area contributed by atoms with E-state index in [0.29, 0.717) is 5.69 Å². The number of nitrogens with zero attached hydrogens (tertiary/aromatic N) is 1. The molecule has 2 aromatic rings. The minimum absolute atomic E-state index is 0.151. The predicted molar refractivity (Wildman–Crippen MR) is 80.4 cm³/mol. The molecule has 0 aliphatic carbocycles. The number of carbonyl (C=O) groups excluding carboxylic acids is 2. The Morgan fingerprint density at radius 3 is 2.45 bits per heavy atom. The third-order valence-corrected chi connectivity index (χ3v) is 3.91. The normalized spacial score (nSPS) is 18.6. The van der Waals surface area contributed by atoms with Gasteiger partial charge in [0.15, 0.2) is 0 Å². The average molecular weight is 330 g/mol. The van der Waals surface area contributed by atoms with Crippen LogP contribution in [0.5, 0.6) is 0 Å². The summed E-state index contributed by atoms with van der Waals surface area (Å²) in [7, 11) is 0. The highest BCUT2D eigenvalue weighted by Gasteiger charge is 2.40. The van der Waals surface area contributed by atoms with Crippen molar-refractivity contribution in [1.82, 2.24) is 0 Å². The molecule has 2 aromatic carbocycles. The molecule has 1 aliphatic heterocycles. The van der Waals surface area contributed by atoms with E-state index in [1.807, 2.05) is 42.5 Å². The first-order valence-electron chi connectivity index (χ1n) is 6.34. The number of halogens is 1. The number of amides is 2. The average Bonchev–Trinajstić information content (AvgIpc) is 2.75. The van der Waals surface area contributed by atoms with Crippen molar-refractivity contribution in [3.05, 3.63) is 64.6 Å². The number of imide groups is 1. The Morgan fingerprint density at radius 2 is 1.75 bits per heavy atom. The zero-order valence-electron chi connectivity index (χ0n) is 10.6. The van der Waals surface area contributed by atoms with Crippen LogP contribution in [-0.4, -0.2) is 11.8 Å². The smallest absolute Gasteiger partial charge is 0.241 e. The zero-order valence-corrected chi connectivity index (χ0v) is 12.2. The van der Waals surface area contributed by atoms with Crippen LogP contribution in [0, 0.1) is 0 Å². The zero-order chi connectivity index (χ0) is 14.1. The summed E-state index contributed by atoms with van der Waals surface area (Å²) in [6.45, 7) is 0. The molecule has 1 fully saturated rings. The van der Waals surface area contributed by atoms with Crippen LogP contribution in [0.4, 0.5) is 5.69 Å². The summed E-state index contributed by atoms with van der Waals surface area (Å²) >= 11 is 3.36. The molecular formula is C16H12BrNO2. The molecule has 20 heavy (non-hydrogen) atoms. The van der Waals surface area contributed by atoms with Gasteiger partial charge in [-0.15, -0.1) is 0 Å². The number of benzene rings is 2. The number of carbonyl (C=O) groups is 2. The van der Waals surface area contributed by atoms with E-state index in [4.69, 9.17) is 0 Å². The van der Waals surface area contributed by atoms with Gasteiger partial charge in [0.2, 0.25) is 11.8 Å². The molecule has 0 aromatic heterocycles. The maximum atomic E-state index is 12.5. The SMILES string of the molecule is O=C1CC(c2ccccc2)C(=O)N1c1cccc(Br)c1. The summed E-state index contributed by atoms with van der Waals surface area (Å²) in [5.41, 5.74) is 1.51. The van der Waals surface area contributed by atoms with Crippen molar-refractivity contribution in [2.45, 2.75) is 12.3 Å². The van der Waals surface area contributed by atoms with E-state index < -0.39 is 0 Å². The van der Waals surface area contributed by atoms with E-state index in [2.05, 4.69) is 15.9 Å². The van der Waals surface area contributed by atoms with Crippen LogP contribution in [0.1, 0.15) is 17.9 Å². The molecule has 1 heterocycles. The Balaban J connectivity index is 1.95. The molecule has 1 saturated heterocycles. The molecule has 3 nitrogen and oxygen atoms in total. The highest BCUT2D eigenvalue weighted by Crippen LogP contribution is 2.33. The summed E-state index contributed by atoms with van der Waals surface area (Å²) < 4.78 is 0.846. The Morgan fingerprint density at radius 1 is 1.00 bits per heavy atom. The molecular weight excluding hydrogens is 318 g/mol. The number of rotatable bonds is 2. The third-order valence-electron chi connectivity index (χ3n) is 3.41. The molecule has 3 rings (SSSR count). The highest BCUT2D eigenvalue weighted by atomic mass is 79.9. The van der Waals surface area contributed by atoms with Crippen molar-refractivity contribution in [1.29, 1.82) is 0 Å². The molecule has 0 N–H and O–H groups in total. The summed E-state index contributed by atoms with van der Waals surface area (Å²) in [6.07, 6.45) is 0.232. The van der Waals surface area contributed by atoms with E-state index in [-0.39, 0.29) is 24.2 Å². The van der Waals surface area contributed by atoms with Crippen molar-refractivity contribution in [3.8, 4) is 0 Å². The lowest BCUT2D eigenvalue weighted by Crippen LogP contribution is -2.29. The second-order valence-electron chi connectivity index (χ2n) is 4.71. The molecule has 1 aliphatic rings. The van der Waals surface area contributed by atoms with Gasteiger partial charge in [-0.1, -0.05) is 52.3 Å². The van der Waals surface area contributed by atoms with Gasteiger partial charge in [-0.25, -0.2) is 4.90 Å². The second-order valence-corrected chi connectivity index (χ2v) is 5.63. The second kappa shape index (κ2) is 5.21. The Hall–Kier alpha value is -1.94. The van der Waals surface area contributed by atoms with Crippen LogP contribution >= 0.6 is 15.9 Å². The lowest BCUT2D eigenvalue weighted by atomic mass is 9.98. The molecule has 0 radical (unpaired) electrons. The number of hydrogen-bond donors (Lipinski definition) is 0. The van der Waals surface area contributed by atoms with Gasteiger partial charge >= 0.3 is 0 Å². The van der Waals surface area contributed by atoms with Gasteiger partial charge < -0.3 is 0 Å².